The molecular formula is C22H31BrN2O3. The summed E-state index contributed by atoms with van der Waals surface area (Å²) in [4.78, 5) is 15.6. The Morgan fingerprint density at radius 1 is 1.04 bits per heavy atom. The minimum absolute atomic E-state index is 0.0732. The molecular weight excluding hydrogens is 420 g/mol. The van der Waals surface area contributed by atoms with Crippen molar-refractivity contribution in [2.75, 3.05) is 27.3 Å². The van der Waals surface area contributed by atoms with E-state index in [4.69, 9.17) is 9.47 Å². The molecule has 2 saturated carbocycles. The van der Waals surface area contributed by atoms with Gasteiger partial charge >= 0.3 is 0 Å². The third kappa shape index (κ3) is 3.90. The summed E-state index contributed by atoms with van der Waals surface area (Å²) in [5, 5.41) is 3.25. The number of fused-ring (bicyclic) bond motifs is 2. The molecule has 4 rings (SSSR count). The van der Waals surface area contributed by atoms with Crippen molar-refractivity contribution in [2.24, 2.45) is 11.8 Å². The van der Waals surface area contributed by atoms with Crippen LogP contribution in [0.5, 0.6) is 11.5 Å². The molecule has 1 aliphatic heterocycles. The summed E-state index contributed by atoms with van der Waals surface area (Å²) in [6.45, 7) is 2.08. The number of nitrogens with zero attached hydrogens (tertiary/aromatic N) is 1. The first-order valence-corrected chi connectivity index (χ1v) is 11.4. The fraction of sp³-hybridized carbons (Fsp3) is 0.682. The van der Waals surface area contributed by atoms with Crippen molar-refractivity contribution in [3.8, 4) is 11.5 Å². The lowest BCUT2D eigenvalue weighted by atomic mass is 9.68. The molecule has 3 aliphatic rings. The Kier molecular flexibility index (Phi) is 6.16. The molecule has 1 unspecified atom stereocenters. The molecule has 1 aromatic carbocycles. The fourth-order valence-corrected chi connectivity index (χ4v) is 6.22. The molecule has 2 aliphatic carbocycles. The van der Waals surface area contributed by atoms with Crippen molar-refractivity contribution < 1.29 is 14.3 Å². The minimum Gasteiger partial charge on any atom is -0.496 e. The number of carbonyl (C=O) groups excluding carboxylic acids is 1. The van der Waals surface area contributed by atoms with Crippen molar-refractivity contribution in [3.63, 3.8) is 0 Å². The van der Waals surface area contributed by atoms with Crippen LogP contribution < -0.4 is 14.8 Å². The van der Waals surface area contributed by atoms with Crippen LogP contribution >= 0.6 is 15.9 Å². The molecule has 1 saturated heterocycles. The summed E-state index contributed by atoms with van der Waals surface area (Å²) in [5.41, 5.74) is 0.545. The number of amides is 1. The van der Waals surface area contributed by atoms with Gasteiger partial charge in [0.2, 0.25) is 0 Å². The number of ether oxygens (including phenoxy) is 2. The molecule has 1 aromatic rings. The van der Waals surface area contributed by atoms with Gasteiger partial charge < -0.3 is 14.8 Å². The topological polar surface area (TPSA) is 50.8 Å². The molecule has 5 nitrogen and oxygen atoms in total. The molecule has 3 fully saturated rings. The van der Waals surface area contributed by atoms with Crippen molar-refractivity contribution >= 4 is 21.8 Å². The number of benzene rings is 1. The first-order valence-electron chi connectivity index (χ1n) is 10.6. The number of methoxy groups -OCH3 is 2. The molecule has 28 heavy (non-hydrogen) atoms. The van der Waals surface area contributed by atoms with Gasteiger partial charge in [0.1, 0.15) is 11.5 Å². The number of hydrogen-bond donors (Lipinski definition) is 1. The Hall–Kier alpha value is -1.27. The summed E-state index contributed by atoms with van der Waals surface area (Å²) in [5.74, 6) is 2.87. The van der Waals surface area contributed by atoms with Gasteiger partial charge in [0, 0.05) is 31.2 Å². The molecule has 0 aromatic heterocycles. The van der Waals surface area contributed by atoms with Crippen molar-refractivity contribution in [2.45, 2.75) is 57.0 Å². The van der Waals surface area contributed by atoms with Gasteiger partial charge in [-0.25, -0.2) is 0 Å². The van der Waals surface area contributed by atoms with Crippen molar-refractivity contribution in [3.05, 3.63) is 22.2 Å². The summed E-state index contributed by atoms with van der Waals surface area (Å²) < 4.78 is 11.5. The van der Waals surface area contributed by atoms with E-state index >= 15 is 0 Å². The van der Waals surface area contributed by atoms with Crippen LogP contribution in [0.2, 0.25) is 0 Å². The Balaban J connectivity index is 1.42. The highest BCUT2D eigenvalue weighted by Gasteiger charge is 2.42. The maximum atomic E-state index is 12.9. The fourth-order valence-electron chi connectivity index (χ4n) is 5.71. The normalized spacial score (nSPS) is 30.1. The second-order valence-electron chi connectivity index (χ2n) is 8.51. The van der Waals surface area contributed by atoms with E-state index in [1.54, 1.807) is 26.4 Å². The molecule has 6 heteroatoms. The van der Waals surface area contributed by atoms with E-state index in [0.717, 1.165) is 41.9 Å². The third-order valence-corrected chi connectivity index (χ3v) is 7.58. The molecule has 1 N–H and O–H groups in total. The van der Waals surface area contributed by atoms with Crippen molar-refractivity contribution in [1.29, 1.82) is 0 Å². The van der Waals surface area contributed by atoms with Gasteiger partial charge in [-0.15, -0.1) is 0 Å². The van der Waals surface area contributed by atoms with E-state index in [0.29, 0.717) is 17.1 Å². The molecule has 0 radical (unpaired) electrons. The zero-order valence-electron chi connectivity index (χ0n) is 16.9. The average Bonchev–Trinajstić information content (AvgIpc) is 3.15. The number of nitrogens with one attached hydrogen (secondary N) is 1. The molecule has 1 amide bonds. The van der Waals surface area contributed by atoms with Crippen LogP contribution in [-0.2, 0) is 0 Å². The van der Waals surface area contributed by atoms with Crippen LogP contribution in [-0.4, -0.2) is 50.2 Å². The molecule has 154 valence electrons. The van der Waals surface area contributed by atoms with E-state index < -0.39 is 0 Å². The van der Waals surface area contributed by atoms with Gasteiger partial charge in [0.25, 0.3) is 5.91 Å². The third-order valence-electron chi connectivity index (χ3n) is 6.96. The standard InChI is InChI=1S/C22H31BrN2O3/c1-27-19-12-20(28-2)18(23)11-17(19)22(26)24-16-9-10-25(13-16)21-14-5-3-6-15(21)8-4-7-14/h11-12,14-16,21H,3-10,13H2,1-2H3,(H,24,26). The van der Waals surface area contributed by atoms with Crippen LogP contribution in [0, 0.1) is 11.8 Å². The largest absolute Gasteiger partial charge is 0.496 e. The highest BCUT2D eigenvalue weighted by atomic mass is 79.9. The number of halogens is 1. The second-order valence-corrected chi connectivity index (χ2v) is 9.37. The Labute approximate surface area is 176 Å². The molecule has 1 heterocycles. The van der Waals surface area contributed by atoms with E-state index in [-0.39, 0.29) is 11.9 Å². The predicted molar refractivity (Wildman–Crippen MR) is 113 cm³/mol. The van der Waals surface area contributed by atoms with E-state index in [9.17, 15) is 4.79 Å². The second kappa shape index (κ2) is 8.62. The Morgan fingerprint density at radius 2 is 1.68 bits per heavy atom. The van der Waals surface area contributed by atoms with E-state index in [2.05, 4.69) is 26.1 Å². The average molecular weight is 451 g/mol. The minimum atomic E-state index is -0.0732. The lowest BCUT2D eigenvalue weighted by molar-refractivity contribution is 0.0346. The number of carbonyl (C=O) groups is 1. The predicted octanol–water partition coefficient (Wildman–Crippen LogP) is 4.24. The van der Waals surface area contributed by atoms with Crippen LogP contribution in [0.3, 0.4) is 0 Å². The van der Waals surface area contributed by atoms with Crippen LogP contribution in [0.25, 0.3) is 0 Å². The monoisotopic (exact) mass is 450 g/mol. The maximum Gasteiger partial charge on any atom is 0.255 e. The summed E-state index contributed by atoms with van der Waals surface area (Å²) in [6.07, 6.45) is 9.42. The van der Waals surface area contributed by atoms with E-state index in [1.165, 1.54) is 38.5 Å². The Morgan fingerprint density at radius 3 is 2.29 bits per heavy atom. The zero-order valence-corrected chi connectivity index (χ0v) is 18.5. The van der Waals surface area contributed by atoms with Gasteiger partial charge in [0.15, 0.2) is 0 Å². The molecule has 2 bridgehead atoms. The van der Waals surface area contributed by atoms with E-state index in [1.807, 2.05) is 0 Å². The highest BCUT2D eigenvalue weighted by Crippen LogP contribution is 2.43. The smallest absolute Gasteiger partial charge is 0.255 e. The lowest BCUT2D eigenvalue weighted by Crippen LogP contribution is -2.50. The number of hydrogen-bond acceptors (Lipinski definition) is 4. The number of rotatable bonds is 5. The highest BCUT2D eigenvalue weighted by molar-refractivity contribution is 9.10. The first kappa shape index (κ1) is 20.0. The van der Waals surface area contributed by atoms with Crippen LogP contribution in [0.15, 0.2) is 16.6 Å². The summed E-state index contributed by atoms with van der Waals surface area (Å²) >= 11 is 3.47. The SMILES string of the molecule is COc1cc(OC)c(C(=O)NC2CCN(C3C4CCCC3CCC4)C2)cc1Br. The quantitative estimate of drug-likeness (QED) is 0.728. The van der Waals surface area contributed by atoms with Gasteiger partial charge in [-0.05, 0) is 65.9 Å². The maximum absolute atomic E-state index is 12.9. The van der Waals surface area contributed by atoms with Crippen LogP contribution in [0.4, 0.5) is 0 Å². The van der Waals surface area contributed by atoms with Crippen molar-refractivity contribution in [1.82, 2.24) is 10.2 Å². The zero-order chi connectivity index (χ0) is 19.7. The van der Waals surface area contributed by atoms with Gasteiger partial charge in [-0.3, -0.25) is 9.69 Å². The van der Waals surface area contributed by atoms with Gasteiger partial charge in [-0.2, -0.15) is 0 Å². The van der Waals surface area contributed by atoms with Gasteiger partial charge in [0.05, 0.1) is 24.3 Å². The first-order chi connectivity index (χ1) is 13.6. The summed E-state index contributed by atoms with van der Waals surface area (Å²) in [6, 6.07) is 4.49. The molecule has 1 atom stereocenters. The van der Waals surface area contributed by atoms with Crippen LogP contribution in [0.1, 0.15) is 55.3 Å². The Bertz CT molecular complexity index is 704. The van der Waals surface area contributed by atoms with Gasteiger partial charge in [-0.1, -0.05) is 12.8 Å². The lowest BCUT2D eigenvalue weighted by Gasteiger charge is -2.47. The summed E-state index contributed by atoms with van der Waals surface area (Å²) in [7, 11) is 3.19. The molecule has 0 spiro atoms. The number of likely N-dealkylation sites (tertiary alicyclic amines) is 1.